The van der Waals surface area contributed by atoms with E-state index >= 15 is 0 Å². The molecule has 3 aromatic rings. The number of likely N-dealkylation sites (tertiary alicyclic amines) is 1. The number of nitrogens with zero attached hydrogens (tertiary/aromatic N) is 5. The molecule has 5 nitrogen and oxygen atoms in total. The van der Waals surface area contributed by atoms with E-state index in [4.69, 9.17) is 0 Å². The number of benzene rings is 1. The Kier molecular flexibility index (Phi) is 5.91. The number of hydrogen-bond acceptors (Lipinski definition) is 3. The van der Waals surface area contributed by atoms with Crippen molar-refractivity contribution < 1.29 is 0 Å². The minimum Gasteiger partial charge on any atom is -0.326 e. The predicted octanol–water partition coefficient (Wildman–Crippen LogP) is 4.54. The number of piperidine rings is 1. The van der Waals surface area contributed by atoms with Gasteiger partial charge in [0.1, 0.15) is 0 Å². The Labute approximate surface area is 168 Å². The molecule has 0 N–H and O–H groups in total. The monoisotopic (exact) mass is 377 g/mol. The molecule has 0 aliphatic carbocycles. The summed E-state index contributed by atoms with van der Waals surface area (Å²) in [5.74, 6) is 0. The lowest BCUT2D eigenvalue weighted by Crippen LogP contribution is -2.35. The third-order valence-electron chi connectivity index (χ3n) is 6.00. The van der Waals surface area contributed by atoms with Gasteiger partial charge >= 0.3 is 0 Å². The third kappa shape index (κ3) is 4.04. The minimum absolute atomic E-state index is 0.451. The van der Waals surface area contributed by atoms with Gasteiger partial charge in [-0.1, -0.05) is 43.7 Å². The molecule has 1 aliphatic rings. The van der Waals surface area contributed by atoms with Gasteiger partial charge < -0.3 is 9.47 Å². The molecule has 4 rings (SSSR count). The van der Waals surface area contributed by atoms with Crippen LogP contribution >= 0.6 is 0 Å². The van der Waals surface area contributed by atoms with E-state index in [1.54, 1.807) is 0 Å². The highest BCUT2D eigenvalue weighted by molar-refractivity contribution is 5.61. The lowest BCUT2D eigenvalue weighted by Gasteiger charge is -2.31. The van der Waals surface area contributed by atoms with E-state index in [2.05, 4.69) is 68.4 Å². The lowest BCUT2D eigenvalue weighted by atomic mass is 10.1. The van der Waals surface area contributed by atoms with Crippen molar-refractivity contribution in [3.63, 3.8) is 0 Å². The van der Waals surface area contributed by atoms with E-state index in [1.165, 1.54) is 54.9 Å². The summed E-state index contributed by atoms with van der Waals surface area (Å²) in [7, 11) is 0. The SMILES string of the molecule is CC[C@H](CN1CCCCC1)n1cncc1-c1cnn(Cc2ccccc2)c1C. The normalized spacial score (nSPS) is 16.4. The second-order valence-electron chi connectivity index (χ2n) is 7.90. The van der Waals surface area contributed by atoms with Crippen LogP contribution in [0.1, 0.15) is 49.9 Å². The van der Waals surface area contributed by atoms with Gasteiger partial charge in [-0.2, -0.15) is 5.10 Å². The average Bonchev–Trinajstić information content (AvgIpc) is 3.35. The minimum atomic E-state index is 0.451. The topological polar surface area (TPSA) is 38.9 Å². The Bertz CT molecular complexity index is 874. The first kappa shape index (κ1) is 18.9. The zero-order valence-corrected chi connectivity index (χ0v) is 17.1. The average molecular weight is 378 g/mol. The molecule has 148 valence electrons. The van der Waals surface area contributed by atoms with Crippen molar-refractivity contribution in [2.45, 2.75) is 52.1 Å². The van der Waals surface area contributed by atoms with E-state index < -0.39 is 0 Å². The van der Waals surface area contributed by atoms with Crippen molar-refractivity contribution in [1.82, 2.24) is 24.2 Å². The predicted molar refractivity (Wildman–Crippen MR) is 113 cm³/mol. The Morgan fingerprint density at radius 1 is 1.04 bits per heavy atom. The van der Waals surface area contributed by atoms with E-state index in [0.717, 1.165) is 19.5 Å². The van der Waals surface area contributed by atoms with Gasteiger partial charge in [-0.15, -0.1) is 0 Å². The highest BCUT2D eigenvalue weighted by Crippen LogP contribution is 2.28. The molecule has 0 spiro atoms. The Balaban J connectivity index is 1.56. The van der Waals surface area contributed by atoms with Crippen LogP contribution in [0.5, 0.6) is 0 Å². The van der Waals surface area contributed by atoms with Gasteiger partial charge in [0.05, 0.1) is 31.0 Å². The summed E-state index contributed by atoms with van der Waals surface area (Å²) in [6.07, 6.45) is 11.1. The maximum atomic E-state index is 4.67. The van der Waals surface area contributed by atoms with Gasteiger partial charge in [-0.25, -0.2) is 4.98 Å². The molecule has 0 radical (unpaired) electrons. The maximum absolute atomic E-state index is 4.67. The Morgan fingerprint density at radius 2 is 1.82 bits per heavy atom. The van der Waals surface area contributed by atoms with Crippen LogP contribution in [0.4, 0.5) is 0 Å². The van der Waals surface area contributed by atoms with Crippen molar-refractivity contribution in [3.8, 4) is 11.3 Å². The van der Waals surface area contributed by atoms with Crippen molar-refractivity contribution in [2.75, 3.05) is 19.6 Å². The highest BCUT2D eigenvalue weighted by atomic mass is 15.3. The molecule has 1 saturated heterocycles. The summed E-state index contributed by atoms with van der Waals surface area (Å²) in [5.41, 5.74) is 4.83. The third-order valence-corrected chi connectivity index (χ3v) is 6.00. The van der Waals surface area contributed by atoms with Crippen LogP contribution < -0.4 is 0 Å². The molecule has 5 heteroatoms. The number of hydrogen-bond donors (Lipinski definition) is 0. The van der Waals surface area contributed by atoms with Gasteiger partial charge in [-0.3, -0.25) is 4.68 Å². The van der Waals surface area contributed by atoms with Crippen LogP contribution in [0.25, 0.3) is 11.3 Å². The van der Waals surface area contributed by atoms with Crippen molar-refractivity contribution in [2.24, 2.45) is 0 Å². The fraction of sp³-hybridized carbons (Fsp3) is 0.478. The summed E-state index contributed by atoms with van der Waals surface area (Å²) < 4.78 is 4.46. The van der Waals surface area contributed by atoms with E-state index in [1.807, 2.05) is 18.7 Å². The summed E-state index contributed by atoms with van der Waals surface area (Å²) in [6.45, 7) is 8.81. The fourth-order valence-electron chi connectivity index (χ4n) is 4.27. The molecule has 3 heterocycles. The number of aromatic nitrogens is 4. The first-order valence-electron chi connectivity index (χ1n) is 10.6. The lowest BCUT2D eigenvalue weighted by molar-refractivity contribution is 0.194. The largest absolute Gasteiger partial charge is 0.326 e. The summed E-state index contributed by atoms with van der Waals surface area (Å²) in [4.78, 5) is 7.12. The zero-order chi connectivity index (χ0) is 19.3. The number of rotatable bonds is 7. The zero-order valence-electron chi connectivity index (χ0n) is 17.1. The molecule has 0 unspecified atom stereocenters. The highest BCUT2D eigenvalue weighted by Gasteiger charge is 2.21. The molecular formula is C23H31N5. The van der Waals surface area contributed by atoms with Crippen LogP contribution in [-0.2, 0) is 6.54 Å². The van der Waals surface area contributed by atoms with Gasteiger partial charge in [-0.05, 0) is 44.8 Å². The van der Waals surface area contributed by atoms with Gasteiger partial charge in [0.2, 0.25) is 0 Å². The van der Waals surface area contributed by atoms with Crippen molar-refractivity contribution in [3.05, 3.63) is 60.3 Å². The molecule has 28 heavy (non-hydrogen) atoms. The fourth-order valence-corrected chi connectivity index (χ4v) is 4.27. The smallest absolute Gasteiger partial charge is 0.0954 e. The van der Waals surface area contributed by atoms with Crippen LogP contribution in [0.2, 0.25) is 0 Å². The molecular weight excluding hydrogens is 346 g/mol. The standard InChI is InChI=1S/C23H31N5/c1-3-21(17-26-12-8-5-9-13-26)27-18-24-15-23(27)22-14-25-28(19(22)2)16-20-10-6-4-7-11-20/h4,6-7,10-11,14-15,18,21H,3,5,8-9,12-13,16-17H2,1-2H3/t21-/m1/s1. The number of imidazole rings is 1. The summed E-state index contributed by atoms with van der Waals surface area (Å²) in [6, 6.07) is 11.0. The summed E-state index contributed by atoms with van der Waals surface area (Å²) >= 11 is 0. The second-order valence-corrected chi connectivity index (χ2v) is 7.90. The van der Waals surface area contributed by atoms with E-state index in [-0.39, 0.29) is 0 Å². The maximum Gasteiger partial charge on any atom is 0.0954 e. The Hall–Kier alpha value is -2.40. The molecule has 0 saturated carbocycles. The molecule has 0 amide bonds. The molecule has 1 fully saturated rings. The van der Waals surface area contributed by atoms with Crippen LogP contribution in [0.15, 0.2) is 49.1 Å². The van der Waals surface area contributed by atoms with E-state index in [9.17, 15) is 0 Å². The van der Waals surface area contributed by atoms with Crippen LogP contribution in [0.3, 0.4) is 0 Å². The van der Waals surface area contributed by atoms with E-state index in [0.29, 0.717) is 6.04 Å². The van der Waals surface area contributed by atoms with Crippen LogP contribution in [0, 0.1) is 6.92 Å². The molecule has 0 bridgehead atoms. The quantitative estimate of drug-likeness (QED) is 0.607. The molecule has 2 aromatic heterocycles. The molecule has 1 aliphatic heterocycles. The second kappa shape index (κ2) is 8.74. The van der Waals surface area contributed by atoms with Crippen molar-refractivity contribution in [1.29, 1.82) is 0 Å². The Morgan fingerprint density at radius 3 is 2.57 bits per heavy atom. The molecule has 1 aromatic carbocycles. The molecule has 1 atom stereocenters. The van der Waals surface area contributed by atoms with Crippen molar-refractivity contribution >= 4 is 0 Å². The van der Waals surface area contributed by atoms with Crippen LogP contribution in [-0.4, -0.2) is 43.9 Å². The first-order chi connectivity index (χ1) is 13.8. The van der Waals surface area contributed by atoms with Gasteiger partial charge in [0.15, 0.2) is 0 Å². The summed E-state index contributed by atoms with van der Waals surface area (Å²) in [5, 5.41) is 4.67. The van der Waals surface area contributed by atoms with Gasteiger partial charge in [0.25, 0.3) is 0 Å². The first-order valence-corrected chi connectivity index (χ1v) is 10.6. The van der Waals surface area contributed by atoms with Gasteiger partial charge in [0, 0.05) is 23.8 Å².